The fraction of sp³-hybridized carbons (Fsp3) is 1.00. The van der Waals surface area contributed by atoms with E-state index in [0.717, 1.165) is 17.8 Å². The number of rotatable bonds is 1. The predicted octanol–water partition coefficient (Wildman–Crippen LogP) is 3.72. The van der Waals surface area contributed by atoms with Crippen LogP contribution in [-0.4, -0.2) is 6.04 Å². The van der Waals surface area contributed by atoms with Crippen molar-refractivity contribution in [2.75, 3.05) is 0 Å². The Morgan fingerprint density at radius 1 is 0.867 bits per heavy atom. The summed E-state index contributed by atoms with van der Waals surface area (Å²) >= 11 is 0. The van der Waals surface area contributed by atoms with Crippen LogP contribution in [0.1, 0.15) is 64.7 Å². The molecule has 0 radical (unpaired) electrons. The van der Waals surface area contributed by atoms with Crippen LogP contribution in [0.4, 0.5) is 0 Å². The highest BCUT2D eigenvalue weighted by Crippen LogP contribution is 2.40. The Morgan fingerprint density at radius 3 is 2.20 bits per heavy atom. The summed E-state index contributed by atoms with van der Waals surface area (Å²) < 4.78 is 0. The van der Waals surface area contributed by atoms with Crippen molar-refractivity contribution in [1.29, 1.82) is 0 Å². The Labute approximate surface area is 94.8 Å². The topological polar surface area (TPSA) is 26.0 Å². The zero-order chi connectivity index (χ0) is 10.7. The molecular formula is C14H27N. The molecule has 0 aromatic heterocycles. The molecule has 1 nitrogen and oxygen atoms in total. The SMILES string of the molecule is CC1CCC(N)CC1C1CCCCCC1. The fourth-order valence-corrected chi connectivity index (χ4v) is 3.79. The van der Waals surface area contributed by atoms with Crippen LogP contribution in [0, 0.1) is 17.8 Å². The van der Waals surface area contributed by atoms with E-state index in [0.29, 0.717) is 6.04 Å². The van der Waals surface area contributed by atoms with Crippen LogP contribution in [0.15, 0.2) is 0 Å². The van der Waals surface area contributed by atoms with Crippen molar-refractivity contribution >= 4 is 0 Å². The maximum atomic E-state index is 6.13. The van der Waals surface area contributed by atoms with Crippen molar-refractivity contribution < 1.29 is 0 Å². The van der Waals surface area contributed by atoms with Crippen LogP contribution < -0.4 is 5.73 Å². The molecule has 1 heteroatoms. The highest BCUT2D eigenvalue weighted by molar-refractivity contribution is 4.84. The van der Waals surface area contributed by atoms with Crippen molar-refractivity contribution in [2.24, 2.45) is 23.5 Å². The molecule has 2 fully saturated rings. The molecular weight excluding hydrogens is 182 g/mol. The van der Waals surface area contributed by atoms with Gasteiger partial charge in [0.25, 0.3) is 0 Å². The van der Waals surface area contributed by atoms with Gasteiger partial charge < -0.3 is 5.73 Å². The Kier molecular flexibility index (Phi) is 4.07. The molecule has 2 aliphatic rings. The third kappa shape index (κ3) is 2.96. The van der Waals surface area contributed by atoms with Crippen molar-refractivity contribution in [2.45, 2.75) is 70.8 Å². The van der Waals surface area contributed by atoms with E-state index in [1.807, 2.05) is 0 Å². The van der Waals surface area contributed by atoms with Crippen LogP contribution in [0.5, 0.6) is 0 Å². The number of nitrogens with two attached hydrogens (primary N) is 1. The first kappa shape index (κ1) is 11.4. The second-order valence-corrected chi connectivity index (χ2v) is 5.97. The van der Waals surface area contributed by atoms with Gasteiger partial charge in [-0.3, -0.25) is 0 Å². The lowest BCUT2D eigenvalue weighted by Crippen LogP contribution is -2.35. The largest absolute Gasteiger partial charge is 0.328 e. The minimum absolute atomic E-state index is 0.509. The normalized spacial score (nSPS) is 40.0. The van der Waals surface area contributed by atoms with E-state index in [2.05, 4.69) is 6.92 Å². The first-order valence-corrected chi connectivity index (χ1v) is 7.03. The molecule has 3 unspecified atom stereocenters. The summed E-state index contributed by atoms with van der Waals surface area (Å²) in [7, 11) is 0. The summed E-state index contributed by atoms with van der Waals surface area (Å²) in [6.45, 7) is 2.46. The molecule has 2 rings (SSSR count). The maximum Gasteiger partial charge on any atom is 0.00417 e. The Hall–Kier alpha value is -0.0400. The third-order valence-electron chi connectivity index (χ3n) is 4.80. The van der Waals surface area contributed by atoms with Gasteiger partial charge >= 0.3 is 0 Å². The summed E-state index contributed by atoms with van der Waals surface area (Å²) in [5, 5.41) is 0. The maximum absolute atomic E-state index is 6.13. The molecule has 3 atom stereocenters. The molecule has 0 amide bonds. The van der Waals surface area contributed by atoms with Gasteiger partial charge in [-0.15, -0.1) is 0 Å². The molecule has 0 saturated heterocycles. The van der Waals surface area contributed by atoms with Crippen LogP contribution in [0.25, 0.3) is 0 Å². The molecule has 0 spiro atoms. The minimum Gasteiger partial charge on any atom is -0.328 e. The summed E-state index contributed by atoms with van der Waals surface area (Å²) in [6.07, 6.45) is 12.8. The van der Waals surface area contributed by atoms with Gasteiger partial charge in [0.05, 0.1) is 0 Å². The number of hydrogen-bond acceptors (Lipinski definition) is 1. The van der Waals surface area contributed by atoms with Crippen molar-refractivity contribution in [3.63, 3.8) is 0 Å². The van der Waals surface area contributed by atoms with Crippen LogP contribution in [0.2, 0.25) is 0 Å². The van der Waals surface area contributed by atoms with E-state index in [1.54, 1.807) is 0 Å². The lowest BCUT2D eigenvalue weighted by atomic mass is 9.69. The van der Waals surface area contributed by atoms with Crippen LogP contribution in [-0.2, 0) is 0 Å². The minimum atomic E-state index is 0.509. The Balaban J connectivity index is 1.93. The van der Waals surface area contributed by atoms with Gasteiger partial charge in [0, 0.05) is 6.04 Å². The van der Waals surface area contributed by atoms with Crippen molar-refractivity contribution in [3.8, 4) is 0 Å². The summed E-state index contributed by atoms with van der Waals surface area (Å²) in [5.41, 5.74) is 6.13. The monoisotopic (exact) mass is 209 g/mol. The van der Waals surface area contributed by atoms with E-state index in [1.165, 1.54) is 57.8 Å². The van der Waals surface area contributed by atoms with E-state index >= 15 is 0 Å². The van der Waals surface area contributed by atoms with E-state index in [-0.39, 0.29) is 0 Å². The Morgan fingerprint density at radius 2 is 1.53 bits per heavy atom. The quantitative estimate of drug-likeness (QED) is 0.654. The first-order chi connectivity index (χ1) is 7.27. The van der Waals surface area contributed by atoms with Gasteiger partial charge in [-0.25, -0.2) is 0 Å². The Bertz CT molecular complexity index is 182. The standard InChI is InChI=1S/C14H27N/c1-11-8-9-13(15)10-14(11)12-6-4-2-3-5-7-12/h11-14H,2-10,15H2,1H3. The zero-order valence-electron chi connectivity index (χ0n) is 10.3. The van der Waals surface area contributed by atoms with Crippen LogP contribution >= 0.6 is 0 Å². The zero-order valence-corrected chi connectivity index (χ0v) is 10.3. The summed E-state index contributed by atoms with van der Waals surface area (Å²) in [4.78, 5) is 0. The first-order valence-electron chi connectivity index (χ1n) is 7.03. The van der Waals surface area contributed by atoms with Crippen molar-refractivity contribution in [3.05, 3.63) is 0 Å². The lowest BCUT2D eigenvalue weighted by Gasteiger charge is -2.37. The summed E-state index contributed by atoms with van der Waals surface area (Å²) in [5.74, 6) is 2.90. The van der Waals surface area contributed by atoms with Gasteiger partial charge in [0.1, 0.15) is 0 Å². The van der Waals surface area contributed by atoms with Gasteiger partial charge in [0.15, 0.2) is 0 Å². The fourth-order valence-electron chi connectivity index (χ4n) is 3.79. The highest BCUT2D eigenvalue weighted by atomic mass is 14.6. The number of hydrogen-bond donors (Lipinski definition) is 1. The second-order valence-electron chi connectivity index (χ2n) is 5.97. The molecule has 88 valence electrons. The molecule has 15 heavy (non-hydrogen) atoms. The molecule has 0 aromatic rings. The van der Waals surface area contributed by atoms with Crippen molar-refractivity contribution in [1.82, 2.24) is 0 Å². The van der Waals surface area contributed by atoms with Crippen LogP contribution in [0.3, 0.4) is 0 Å². The van der Waals surface area contributed by atoms with Gasteiger partial charge in [-0.05, 0) is 37.0 Å². The average molecular weight is 209 g/mol. The molecule has 0 aliphatic heterocycles. The van der Waals surface area contributed by atoms with Gasteiger partial charge in [-0.1, -0.05) is 45.4 Å². The second kappa shape index (κ2) is 5.34. The van der Waals surface area contributed by atoms with E-state index in [4.69, 9.17) is 5.73 Å². The molecule has 2 aliphatic carbocycles. The molecule has 0 heterocycles. The third-order valence-corrected chi connectivity index (χ3v) is 4.80. The van der Waals surface area contributed by atoms with Gasteiger partial charge in [-0.2, -0.15) is 0 Å². The summed E-state index contributed by atoms with van der Waals surface area (Å²) in [6, 6.07) is 0.509. The van der Waals surface area contributed by atoms with Gasteiger partial charge in [0.2, 0.25) is 0 Å². The molecule has 0 bridgehead atoms. The lowest BCUT2D eigenvalue weighted by molar-refractivity contribution is 0.146. The predicted molar refractivity (Wildman–Crippen MR) is 65.7 cm³/mol. The molecule has 2 saturated carbocycles. The smallest absolute Gasteiger partial charge is 0.00417 e. The molecule has 0 aromatic carbocycles. The average Bonchev–Trinajstić information content (AvgIpc) is 2.50. The van der Waals surface area contributed by atoms with E-state index in [9.17, 15) is 0 Å². The highest BCUT2D eigenvalue weighted by Gasteiger charge is 2.31. The van der Waals surface area contributed by atoms with E-state index < -0.39 is 0 Å². The molecule has 2 N–H and O–H groups in total.